The van der Waals surface area contributed by atoms with Gasteiger partial charge in [-0.25, -0.2) is 0 Å². The lowest BCUT2D eigenvalue weighted by Crippen LogP contribution is -2.46. The van der Waals surface area contributed by atoms with Crippen molar-refractivity contribution in [1.29, 1.82) is 0 Å². The average Bonchev–Trinajstić information content (AvgIpc) is 2.74. The first-order chi connectivity index (χ1) is 14.8. The van der Waals surface area contributed by atoms with Crippen LogP contribution in [0.25, 0.3) is 0 Å². The molecule has 1 aliphatic rings. The van der Waals surface area contributed by atoms with Crippen LogP contribution < -0.4 is 10.1 Å². The highest BCUT2D eigenvalue weighted by molar-refractivity contribution is 5.78. The fraction of sp³-hybridized carbons (Fsp3) is 0.435. The minimum absolute atomic E-state index is 0.0573. The topological polar surface area (TPSA) is 50.8 Å². The monoisotopic (exact) mass is 436 g/mol. The van der Waals surface area contributed by atoms with Crippen LogP contribution in [0.3, 0.4) is 0 Å². The summed E-state index contributed by atoms with van der Waals surface area (Å²) in [6, 6.07) is 16.0. The third-order valence-electron chi connectivity index (χ3n) is 5.51. The maximum Gasteiger partial charge on any atom is 0.573 e. The Hall–Kier alpha value is -2.58. The quantitative estimate of drug-likeness (QED) is 0.683. The van der Waals surface area contributed by atoms with Gasteiger partial charge in [-0.3, -0.25) is 9.69 Å². The van der Waals surface area contributed by atoms with Gasteiger partial charge in [0.2, 0.25) is 5.91 Å². The number of likely N-dealkylation sites (N-methyl/N-ethyl adjacent to an activating group) is 1. The summed E-state index contributed by atoms with van der Waals surface area (Å²) in [4.78, 5) is 14.2. The van der Waals surface area contributed by atoms with Crippen molar-refractivity contribution in [3.63, 3.8) is 0 Å². The number of rotatable bonds is 8. The second-order valence-corrected chi connectivity index (χ2v) is 7.86. The van der Waals surface area contributed by atoms with Crippen molar-refractivity contribution >= 4 is 5.91 Å². The summed E-state index contributed by atoms with van der Waals surface area (Å²) in [6.45, 7) is 1.97. The number of para-hydroxylation sites is 1. The van der Waals surface area contributed by atoms with Gasteiger partial charge in [-0.05, 0) is 31.5 Å². The largest absolute Gasteiger partial charge is 0.573 e. The number of nitrogens with zero attached hydrogens (tertiary/aromatic N) is 1. The molecule has 0 unspecified atom stereocenters. The molecule has 2 aromatic rings. The molecule has 1 N–H and O–H groups in total. The van der Waals surface area contributed by atoms with E-state index in [4.69, 9.17) is 4.74 Å². The Morgan fingerprint density at radius 1 is 1.10 bits per heavy atom. The zero-order valence-corrected chi connectivity index (χ0v) is 17.5. The maximum absolute atomic E-state index is 12.6. The molecule has 168 valence electrons. The lowest BCUT2D eigenvalue weighted by atomic mass is 9.74. The van der Waals surface area contributed by atoms with E-state index in [1.54, 1.807) is 24.1 Å². The molecule has 1 aliphatic heterocycles. The summed E-state index contributed by atoms with van der Waals surface area (Å²) in [6.07, 6.45) is -3.13. The Morgan fingerprint density at radius 3 is 2.42 bits per heavy atom. The highest BCUT2D eigenvalue weighted by Gasteiger charge is 2.35. The van der Waals surface area contributed by atoms with Gasteiger partial charge in [-0.1, -0.05) is 48.5 Å². The number of carbonyl (C=O) groups excluding carboxylic acids is 1. The van der Waals surface area contributed by atoms with E-state index in [0.717, 1.165) is 12.8 Å². The van der Waals surface area contributed by atoms with Crippen LogP contribution in [0.15, 0.2) is 54.6 Å². The molecule has 0 aromatic heterocycles. The molecule has 1 fully saturated rings. The molecule has 0 spiro atoms. The van der Waals surface area contributed by atoms with E-state index in [1.165, 1.54) is 17.7 Å². The molecule has 1 amide bonds. The molecule has 0 aliphatic carbocycles. The van der Waals surface area contributed by atoms with Gasteiger partial charge in [0.25, 0.3) is 0 Å². The molecular formula is C23H27F3N2O3. The van der Waals surface area contributed by atoms with Gasteiger partial charge < -0.3 is 14.8 Å². The predicted molar refractivity (Wildman–Crippen MR) is 111 cm³/mol. The molecule has 3 rings (SSSR count). The molecule has 0 atom stereocenters. The van der Waals surface area contributed by atoms with E-state index < -0.39 is 6.36 Å². The van der Waals surface area contributed by atoms with Crippen molar-refractivity contribution in [3.8, 4) is 5.75 Å². The Morgan fingerprint density at radius 2 is 1.74 bits per heavy atom. The van der Waals surface area contributed by atoms with Gasteiger partial charge in [0, 0.05) is 37.3 Å². The molecule has 5 nitrogen and oxygen atoms in total. The van der Waals surface area contributed by atoms with Crippen LogP contribution in [0, 0.1) is 0 Å². The minimum Gasteiger partial charge on any atom is -0.405 e. The van der Waals surface area contributed by atoms with Crippen molar-refractivity contribution in [1.82, 2.24) is 10.2 Å². The van der Waals surface area contributed by atoms with Crippen LogP contribution in [0.4, 0.5) is 13.2 Å². The number of hydrogen-bond acceptors (Lipinski definition) is 4. The van der Waals surface area contributed by atoms with E-state index in [1.807, 2.05) is 18.2 Å². The van der Waals surface area contributed by atoms with Crippen molar-refractivity contribution in [2.24, 2.45) is 0 Å². The van der Waals surface area contributed by atoms with Gasteiger partial charge in [-0.15, -0.1) is 13.2 Å². The molecule has 2 aromatic carbocycles. The summed E-state index contributed by atoms with van der Waals surface area (Å²) < 4.78 is 47.4. The van der Waals surface area contributed by atoms with Gasteiger partial charge in [0.05, 0.1) is 6.54 Å². The molecule has 0 radical (unpaired) electrons. The summed E-state index contributed by atoms with van der Waals surface area (Å²) in [5.41, 5.74) is 1.35. The molecular weight excluding hydrogens is 409 g/mol. The van der Waals surface area contributed by atoms with Gasteiger partial charge in [0.1, 0.15) is 5.75 Å². The Bertz CT molecular complexity index is 853. The van der Waals surface area contributed by atoms with E-state index >= 15 is 0 Å². The van der Waals surface area contributed by atoms with Crippen molar-refractivity contribution in [2.75, 3.05) is 33.4 Å². The van der Waals surface area contributed by atoms with Crippen molar-refractivity contribution in [2.45, 2.75) is 31.2 Å². The second kappa shape index (κ2) is 10.2. The molecule has 8 heteroatoms. The predicted octanol–water partition coefficient (Wildman–Crippen LogP) is 3.88. The highest BCUT2D eigenvalue weighted by Crippen LogP contribution is 2.34. The normalized spacial score (nSPS) is 16.2. The van der Waals surface area contributed by atoms with Crippen LogP contribution in [0.2, 0.25) is 0 Å². The number of hydrogen-bond donors (Lipinski definition) is 1. The highest BCUT2D eigenvalue weighted by atomic mass is 19.4. The lowest BCUT2D eigenvalue weighted by Gasteiger charge is -2.38. The van der Waals surface area contributed by atoms with E-state index in [-0.39, 0.29) is 30.2 Å². The Balaban J connectivity index is 1.58. The smallest absolute Gasteiger partial charge is 0.405 e. The Labute approximate surface area is 180 Å². The zero-order valence-electron chi connectivity index (χ0n) is 17.5. The van der Waals surface area contributed by atoms with Crippen molar-refractivity contribution in [3.05, 3.63) is 65.7 Å². The summed E-state index contributed by atoms with van der Waals surface area (Å²) in [5.74, 6) is -0.439. The third-order valence-corrected chi connectivity index (χ3v) is 5.51. The van der Waals surface area contributed by atoms with Crippen molar-refractivity contribution < 1.29 is 27.4 Å². The maximum atomic E-state index is 12.6. The van der Waals surface area contributed by atoms with Crippen LogP contribution in [-0.2, 0) is 21.5 Å². The first-order valence-corrected chi connectivity index (χ1v) is 10.2. The SMILES string of the molecule is CN(CC(=O)NCC1(c2ccccc2)CCOCC1)Cc1ccccc1OC(F)(F)F. The summed E-state index contributed by atoms with van der Waals surface area (Å²) >= 11 is 0. The molecule has 0 saturated carbocycles. The van der Waals surface area contributed by atoms with E-state index in [2.05, 4.69) is 22.2 Å². The fourth-order valence-electron chi connectivity index (χ4n) is 3.90. The number of amides is 1. The van der Waals surface area contributed by atoms with Gasteiger partial charge in [-0.2, -0.15) is 0 Å². The molecule has 1 heterocycles. The van der Waals surface area contributed by atoms with E-state index in [9.17, 15) is 18.0 Å². The van der Waals surface area contributed by atoms with Gasteiger partial charge in [0.15, 0.2) is 0 Å². The van der Waals surface area contributed by atoms with Gasteiger partial charge >= 0.3 is 6.36 Å². The zero-order chi connectivity index (χ0) is 22.3. The lowest BCUT2D eigenvalue weighted by molar-refractivity contribution is -0.275. The second-order valence-electron chi connectivity index (χ2n) is 7.86. The number of carbonyl (C=O) groups is 1. The first kappa shape index (κ1) is 23.1. The van der Waals surface area contributed by atoms with E-state index in [0.29, 0.717) is 25.3 Å². The summed E-state index contributed by atoms with van der Waals surface area (Å²) in [5, 5.41) is 3.01. The van der Waals surface area contributed by atoms with Crippen LogP contribution in [0.1, 0.15) is 24.0 Å². The number of nitrogens with one attached hydrogen (secondary N) is 1. The number of benzene rings is 2. The standard InChI is InChI=1S/C23H27F3N2O3/c1-28(15-18-7-5-6-10-20(18)31-23(24,25)26)16-21(29)27-17-22(11-13-30-14-12-22)19-8-3-2-4-9-19/h2-10H,11-17H2,1H3,(H,27,29). The molecule has 31 heavy (non-hydrogen) atoms. The van der Waals surface area contributed by atoms with Crippen LogP contribution in [0.5, 0.6) is 5.75 Å². The van der Waals surface area contributed by atoms with Crippen LogP contribution in [-0.4, -0.2) is 50.5 Å². The number of halogens is 3. The Kier molecular flexibility index (Phi) is 7.56. The molecule has 0 bridgehead atoms. The fourth-order valence-corrected chi connectivity index (χ4v) is 3.90. The average molecular weight is 436 g/mol. The first-order valence-electron chi connectivity index (χ1n) is 10.2. The number of alkyl halides is 3. The molecule has 1 saturated heterocycles. The minimum atomic E-state index is -4.76. The number of ether oxygens (including phenoxy) is 2. The van der Waals surface area contributed by atoms with Crippen LogP contribution >= 0.6 is 0 Å². The summed E-state index contributed by atoms with van der Waals surface area (Å²) in [7, 11) is 1.69. The third kappa shape index (κ3) is 6.70.